The average Bonchev–Trinajstić information content (AvgIpc) is 3.06. The van der Waals surface area contributed by atoms with Gasteiger partial charge in [0, 0.05) is 45.0 Å². The normalized spacial score (nSPS) is 14.6. The lowest BCUT2D eigenvalue weighted by molar-refractivity contribution is 0.0951. The van der Waals surface area contributed by atoms with Gasteiger partial charge in [-0.1, -0.05) is 77.9 Å². The molecule has 2 heterocycles. The quantitative estimate of drug-likeness (QED) is 0.379. The summed E-state index contributed by atoms with van der Waals surface area (Å²) in [6.45, 7) is 6.53. The molecule has 1 N–H and O–H groups in total. The zero-order valence-corrected chi connectivity index (χ0v) is 22.1. The van der Waals surface area contributed by atoms with E-state index in [1.807, 2.05) is 56.3 Å². The van der Waals surface area contributed by atoms with Crippen LogP contribution in [0.3, 0.4) is 0 Å². The molecule has 0 saturated carbocycles. The Balaban J connectivity index is 0.00000133. The van der Waals surface area contributed by atoms with Crippen molar-refractivity contribution in [2.75, 3.05) is 13.1 Å². The number of carbonyl (C=O) groups is 1. The van der Waals surface area contributed by atoms with Crippen molar-refractivity contribution in [3.8, 4) is 0 Å². The molecular formula is C28H30BrN3OS. The minimum atomic E-state index is -0.0926. The third-order valence-electron chi connectivity index (χ3n) is 5.85. The van der Waals surface area contributed by atoms with Gasteiger partial charge in [-0.3, -0.25) is 4.79 Å². The Morgan fingerprint density at radius 3 is 2.50 bits per heavy atom. The van der Waals surface area contributed by atoms with Gasteiger partial charge in [0.25, 0.3) is 5.91 Å². The SMILES string of the molecule is CC.O=C(NCc1ccccc1Br)c1ccc2c(c1)N=C(N1CCCCC1)c1ccccc1S2. The van der Waals surface area contributed by atoms with E-state index >= 15 is 0 Å². The standard InChI is InChI=1S/C26H24BrN3OS.C2H6/c27-21-10-4-2-8-19(21)17-28-26(31)18-12-13-24-22(16-18)29-25(30-14-6-1-7-15-30)20-9-3-5-11-23(20)32-24;1-2/h2-5,8-13,16H,1,6-7,14-15,17H2,(H,28,31);1-2H3. The van der Waals surface area contributed by atoms with Gasteiger partial charge in [0.05, 0.1) is 5.69 Å². The zero-order valence-electron chi connectivity index (χ0n) is 19.7. The molecule has 0 aromatic heterocycles. The fourth-order valence-electron chi connectivity index (χ4n) is 4.13. The predicted octanol–water partition coefficient (Wildman–Crippen LogP) is 7.43. The number of likely N-dealkylation sites (tertiary alicyclic amines) is 1. The van der Waals surface area contributed by atoms with Gasteiger partial charge < -0.3 is 10.2 Å². The number of piperidine rings is 1. The maximum atomic E-state index is 12.9. The smallest absolute Gasteiger partial charge is 0.251 e. The minimum absolute atomic E-state index is 0.0926. The van der Waals surface area contributed by atoms with Crippen LogP contribution in [0.4, 0.5) is 5.69 Å². The van der Waals surface area contributed by atoms with Crippen LogP contribution in [0.1, 0.15) is 54.6 Å². The summed E-state index contributed by atoms with van der Waals surface area (Å²) in [4.78, 5) is 22.7. The lowest BCUT2D eigenvalue weighted by Crippen LogP contribution is -2.36. The molecule has 0 spiro atoms. The molecule has 0 aliphatic carbocycles. The summed E-state index contributed by atoms with van der Waals surface area (Å²) in [7, 11) is 0. The number of amidine groups is 1. The molecule has 0 unspecified atom stereocenters. The van der Waals surface area contributed by atoms with Gasteiger partial charge >= 0.3 is 0 Å². The van der Waals surface area contributed by atoms with Gasteiger partial charge in [0.1, 0.15) is 5.84 Å². The van der Waals surface area contributed by atoms with E-state index in [1.54, 1.807) is 11.8 Å². The highest BCUT2D eigenvalue weighted by Gasteiger charge is 2.23. The lowest BCUT2D eigenvalue weighted by atomic mass is 10.1. The zero-order chi connectivity index (χ0) is 23.9. The number of nitrogens with zero attached hydrogens (tertiary/aromatic N) is 2. The van der Waals surface area contributed by atoms with Crippen LogP contribution >= 0.6 is 27.7 Å². The summed E-state index contributed by atoms with van der Waals surface area (Å²) >= 11 is 5.27. The molecule has 1 saturated heterocycles. The second-order valence-electron chi connectivity index (χ2n) is 8.04. The molecule has 0 atom stereocenters. The molecule has 176 valence electrons. The summed E-state index contributed by atoms with van der Waals surface area (Å²) in [6.07, 6.45) is 3.66. The molecule has 2 aliphatic rings. The van der Waals surface area contributed by atoms with Crippen molar-refractivity contribution in [1.82, 2.24) is 10.2 Å². The first kappa shape index (κ1) is 24.6. The highest BCUT2D eigenvalue weighted by atomic mass is 79.9. The molecule has 1 fully saturated rings. The van der Waals surface area contributed by atoms with E-state index in [4.69, 9.17) is 4.99 Å². The van der Waals surface area contributed by atoms with Crippen molar-refractivity contribution < 1.29 is 4.79 Å². The fraction of sp³-hybridized carbons (Fsp3) is 0.286. The first-order valence-corrected chi connectivity index (χ1v) is 13.6. The number of carbonyl (C=O) groups excluding carboxylic acids is 1. The number of nitrogens with one attached hydrogen (secondary N) is 1. The van der Waals surface area contributed by atoms with Crippen LogP contribution < -0.4 is 5.32 Å². The van der Waals surface area contributed by atoms with Crippen molar-refractivity contribution in [3.63, 3.8) is 0 Å². The first-order chi connectivity index (χ1) is 16.7. The van der Waals surface area contributed by atoms with E-state index in [0.29, 0.717) is 12.1 Å². The topological polar surface area (TPSA) is 44.7 Å². The molecule has 5 rings (SSSR count). The minimum Gasteiger partial charge on any atom is -0.356 e. The van der Waals surface area contributed by atoms with Gasteiger partial charge in [0.2, 0.25) is 0 Å². The van der Waals surface area contributed by atoms with Crippen molar-refractivity contribution in [3.05, 3.63) is 87.9 Å². The number of amides is 1. The van der Waals surface area contributed by atoms with Crippen LogP contribution in [0, 0.1) is 0 Å². The molecule has 2 aliphatic heterocycles. The van der Waals surface area contributed by atoms with Gasteiger partial charge in [0.15, 0.2) is 0 Å². The van der Waals surface area contributed by atoms with Gasteiger partial charge in [-0.05, 0) is 55.2 Å². The number of fused-ring (bicyclic) bond motifs is 2. The Morgan fingerprint density at radius 1 is 0.971 bits per heavy atom. The van der Waals surface area contributed by atoms with E-state index in [9.17, 15) is 4.79 Å². The summed E-state index contributed by atoms with van der Waals surface area (Å²) in [6, 6.07) is 22.2. The van der Waals surface area contributed by atoms with Gasteiger partial charge in [-0.2, -0.15) is 0 Å². The van der Waals surface area contributed by atoms with Crippen LogP contribution in [0.2, 0.25) is 0 Å². The number of hydrogen-bond acceptors (Lipinski definition) is 4. The molecular weight excluding hydrogens is 506 g/mol. The van der Waals surface area contributed by atoms with E-state index < -0.39 is 0 Å². The van der Waals surface area contributed by atoms with E-state index in [-0.39, 0.29) is 5.91 Å². The van der Waals surface area contributed by atoms with Crippen LogP contribution in [-0.2, 0) is 6.54 Å². The second kappa shape index (κ2) is 11.7. The largest absolute Gasteiger partial charge is 0.356 e. The van der Waals surface area contributed by atoms with E-state index in [1.165, 1.54) is 29.7 Å². The molecule has 3 aromatic carbocycles. The van der Waals surface area contributed by atoms with Gasteiger partial charge in [-0.15, -0.1) is 0 Å². The van der Waals surface area contributed by atoms with Crippen molar-refractivity contribution in [1.29, 1.82) is 0 Å². The molecule has 6 heteroatoms. The average molecular weight is 537 g/mol. The Bertz CT molecular complexity index is 1190. The molecule has 1 amide bonds. The summed E-state index contributed by atoms with van der Waals surface area (Å²) < 4.78 is 0.993. The Hall–Kier alpha value is -2.57. The number of hydrogen-bond donors (Lipinski definition) is 1. The summed E-state index contributed by atoms with van der Waals surface area (Å²) in [5.41, 5.74) is 3.71. The first-order valence-electron chi connectivity index (χ1n) is 12.0. The molecule has 3 aromatic rings. The maximum absolute atomic E-state index is 12.9. The second-order valence-corrected chi connectivity index (χ2v) is 9.98. The van der Waals surface area contributed by atoms with Crippen LogP contribution in [-0.4, -0.2) is 29.7 Å². The predicted molar refractivity (Wildman–Crippen MR) is 145 cm³/mol. The molecule has 34 heavy (non-hydrogen) atoms. The molecule has 4 nitrogen and oxygen atoms in total. The third-order valence-corrected chi connectivity index (χ3v) is 7.76. The van der Waals surface area contributed by atoms with Gasteiger partial charge in [-0.25, -0.2) is 4.99 Å². The number of rotatable bonds is 3. The van der Waals surface area contributed by atoms with Crippen LogP contribution in [0.25, 0.3) is 0 Å². The Kier molecular flexibility index (Phi) is 8.46. The summed E-state index contributed by atoms with van der Waals surface area (Å²) in [5, 5.41) is 3.04. The van der Waals surface area contributed by atoms with Crippen LogP contribution in [0.15, 0.2) is 86.0 Å². The maximum Gasteiger partial charge on any atom is 0.251 e. The highest BCUT2D eigenvalue weighted by Crippen LogP contribution is 2.41. The van der Waals surface area contributed by atoms with E-state index in [2.05, 4.69) is 50.4 Å². The fourth-order valence-corrected chi connectivity index (χ4v) is 5.55. The number of aliphatic imine (C=N–C) groups is 1. The molecule has 0 bridgehead atoms. The van der Waals surface area contributed by atoms with Crippen molar-refractivity contribution in [2.24, 2.45) is 4.99 Å². The van der Waals surface area contributed by atoms with E-state index in [0.717, 1.165) is 39.5 Å². The Morgan fingerprint density at radius 2 is 1.71 bits per heavy atom. The van der Waals surface area contributed by atoms with Crippen molar-refractivity contribution in [2.45, 2.75) is 49.4 Å². The monoisotopic (exact) mass is 535 g/mol. The number of benzene rings is 3. The summed E-state index contributed by atoms with van der Waals surface area (Å²) in [5.74, 6) is 0.933. The van der Waals surface area contributed by atoms with Crippen molar-refractivity contribution >= 4 is 45.1 Å². The lowest BCUT2D eigenvalue weighted by Gasteiger charge is -2.30. The highest BCUT2D eigenvalue weighted by molar-refractivity contribution is 9.10. The third kappa shape index (κ3) is 5.56. The molecule has 0 radical (unpaired) electrons. The Labute approximate surface area is 215 Å². The number of halogens is 1. The van der Waals surface area contributed by atoms with Crippen LogP contribution in [0.5, 0.6) is 0 Å².